The Hall–Kier alpha value is -4.89. The van der Waals surface area contributed by atoms with Crippen LogP contribution in [0, 0.1) is 0 Å². The largest absolute Gasteiger partial charge is 0.493 e. The Morgan fingerprint density at radius 2 is 1.53 bits per heavy atom. The van der Waals surface area contributed by atoms with Crippen LogP contribution in [0.15, 0.2) is 84.0 Å². The van der Waals surface area contributed by atoms with Crippen LogP contribution < -0.4 is 25.0 Å². The van der Waals surface area contributed by atoms with Crippen molar-refractivity contribution in [2.75, 3.05) is 19.5 Å². The molecule has 0 heterocycles. The van der Waals surface area contributed by atoms with Crippen LogP contribution in [0.5, 0.6) is 17.2 Å². The van der Waals surface area contributed by atoms with Gasteiger partial charge in [-0.15, -0.1) is 0 Å². The van der Waals surface area contributed by atoms with Crippen LogP contribution >= 0.6 is 11.6 Å². The number of nitrogens with one attached hydrogen (secondary N) is 2. The molecule has 4 aromatic carbocycles. The highest BCUT2D eigenvalue weighted by Crippen LogP contribution is 2.30. The van der Waals surface area contributed by atoms with E-state index in [1.54, 1.807) is 48.5 Å². The lowest BCUT2D eigenvalue weighted by Crippen LogP contribution is -2.32. The molecule has 0 aliphatic rings. The summed E-state index contributed by atoms with van der Waals surface area (Å²) in [6.45, 7) is 0. The van der Waals surface area contributed by atoms with E-state index in [0.717, 1.165) is 5.39 Å². The standard InChI is InChI=1S/C28H22ClN3O6/c1-36-24-14-12-18(15-25(24)37-2)28(35)38-23-13-11-17-7-3-4-8-19(17)20(23)16-30-32-27(34)26(33)31-22-10-6-5-9-21(22)29/h3-16H,1-2H3,(H,31,33)(H,32,34)/b30-16+. The van der Waals surface area contributed by atoms with Crippen LogP contribution in [0.3, 0.4) is 0 Å². The maximum absolute atomic E-state index is 12.9. The van der Waals surface area contributed by atoms with Crippen LogP contribution in [-0.2, 0) is 9.59 Å². The molecule has 0 saturated carbocycles. The minimum atomic E-state index is -1.01. The summed E-state index contributed by atoms with van der Waals surface area (Å²) in [6, 6.07) is 21.9. The number of benzene rings is 4. The van der Waals surface area contributed by atoms with Gasteiger partial charge in [-0.3, -0.25) is 9.59 Å². The first-order valence-electron chi connectivity index (χ1n) is 11.3. The van der Waals surface area contributed by atoms with Gasteiger partial charge in [0.1, 0.15) is 5.75 Å². The number of hydrazone groups is 1. The lowest BCUT2D eigenvalue weighted by Gasteiger charge is -2.12. The van der Waals surface area contributed by atoms with Crippen molar-refractivity contribution in [3.8, 4) is 17.2 Å². The van der Waals surface area contributed by atoms with Gasteiger partial charge in [-0.25, -0.2) is 10.2 Å². The summed E-state index contributed by atoms with van der Waals surface area (Å²) in [5.41, 5.74) is 3.13. The molecular formula is C28H22ClN3O6. The predicted molar refractivity (Wildman–Crippen MR) is 144 cm³/mol. The first-order valence-corrected chi connectivity index (χ1v) is 11.6. The highest BCUT2D eigenvalue weighted by Gasteiger charge is 2.17. The third-order valence-corrected chi connectivity index (χ3v) is 5.77. The number of hydrogen-bond donors (Lipinski definition) is 2. The number of hydrogen-bond acceptors (Lipinski definition) is 7. The molecule has 0 radical (unpaired) electrons. The van der Waals surface area contributed by atoms with Crippen molar-refractivity contribution in [1.82, 2.24) is 5.43 Å². The van der Waals surface area contributed by atoms with Gasteiger partial charge < -0.3 is 19.5 Å². The molecular weight excluding hydrogens is 510 g/mol. The lowest BCUT2D eigenvalue weighted by atomic mass is 10.0. The number of halogens is 1. The number of methoxy groups -OCH3 is 2. The Kier molecular flexibility index (Phi) is 8.20. The summed E-state index contributed by atoms with van der Waals surface area (Å²) in [5, 5.41) is 8.18. The van der Waals surface area contributed by atoms with E-state index in [9.17, 15) is 14.4 Å². The summed E-state index contributed by atoms with van der Waals surface area (Å²) in [6.07, 6.45) is 1.31. The topological polar surface area (TPSA) is 115 Å². The third kappa shape index (κ3) is 5.91. The number of para-hydroxylation sites is 1. The first-order chi connectivity index (χ1) is 18.4. The summed E-state index contributed by atoms with van der Waals surface area (Å²) >= 11 is 6.02. The maximum atomic E-state index is 12.9. The molecule has 0 spiro atoms. The van der Waals surface area contributed by atoms with E-state index in [-0.39, 0.29) is 22.0 Å². The molecule has 0 fully saturated rings. The predicted octanol–water partition coefficient (Wildman–Crippen LogP) is 4.82. The van der Waals surface area contributed by atoms with Crippen LogP contribution in [0.4, 0.5) is 5.69 Å². The van der Waals surface area contributed by atoms with Gasteiger partial charge in [-0.2, -0.15) is 5.10 Å². The van der Waals surface area contributed by atoms with Crippen LogP contribution in [0.2, 0.25) is 5.02 Å². The van der Waals surface area contributed by atoms with Crippen molar-refractivity contribution >= 4 is 52.1 Å². The molecule has 0 aliphatic carbocycles. The molecule has 9 nitrogen and oxygen atoms in total. The molecule has 0 unspecified atom stereocenters. The molecule has 2 N–H and O–H groups in total. The van der Waals surface area contributed by atoms with Crippen molar-refractivity contribution in [1.29, 1.82) is 0 Å². The Morgan fingerprint density at radius 3 is 2.29 bits per heavy atom. The van der Waals surface area contributed by atoms with Gasteiger partial charge in [0.2, 0.25) is 0 Å². The van der Waals surface area contributed by atoms with E-state index in [0.29, 0.717) is 22.4 Å². The van der Waals surface area contributed by atoms with Gasteiger partial charge in [-0.1, -0.05) is 54.1 Å². The number of amides is 2. The molecule has 0 saturated heterocycles. The highest BCUT2D eigenvalue weighted by molar-refractivity contribution is 6.41. The fourth-order valence-corrected chi connectivity index (χ4v) is 3.75. The maximum Gasteiger partial charge on any atom is 0.343 e. The quantitative estimate of drug-likeness (QED) is 0.116. The molecule has 0 aliphatic heterocycles. The number of anilines is 1. The minimum absolute atomic E-state index is 0.196. The molecule has 2 amide bonds. The fourth-order valence-electron chi connectivity index (χ4n) is 3.57. The molecule has 4 aromatic rings. The van der Waals surface area contributed by atoms with Crippen molar-refractivity contribution < 1.29 is 28.6 Å². The van der Waals surface area contributed by atoms with Gasteiger partial charge in [0.15, 0.2) is 11.5 Å². The molecule has 0 bridgehead atoms. The van der Waals surface area contributed by atoms with E-state index < -0.39 is 17.8 Å². The van der Waals surface area contributed by atoms with Crippen molar-refractivity contribution in [3.63, 3.8) is 0 Å². The number of ether oxygens (including phenoxy) is 3. The first kappa shape index (κ1) is 26.2. The van der Waals surface area contributed by atoms with Gasteiger partial charge in [0.05, 0.1) is 36.7 Å². The zero-order chi connectivity index (χ0) is 27.1. The average Bonchev–Trinajstić information content (AvgIpc) is 2.94. The second kappa shape index (κ2) is 11.9. The second-order valence-corrected chi connectivity index (χ2v) is 8.20. The van der Waals surface area contributed by atoms with Crippen LogP contribution in [0.1, 0.15) is 15.9 Å². The van der Waals surface area contributed by atoms with Crippen molar-refractivity contribution in [2.45, 2.75) is 0 Å². The van der Waals surface area contributed by atoms with Gasteiger partial charge in [0, 0.05) is 5.56 Å². The summed E-state index contributed by atoms with van der Waals surface area (Å²) in [7, 11) is 2.96. The zero-order valence-corrected chi connectivity index (χ0v) is 21.1. The number of carbonyl (C=O) groups is 3. The van der Waals surface area contributed by atoms with Gasteiger partial charge in [0.25, 0.3) is 0 Å². The zero-order valence-electron chi connectivity index (χ0n) is 20.4. The second-order valence-electron chi connectivity index (χ2n) is 7.79. The molecule has 192 valence electrons. The van der Waals surface area contributed by atoms with Gasteiger partial charge in [-0.05, 0) is 47.2 Å². The number of rotatable bonds is 7. The Labute approximate surface area is 223 Å². The third-order valence-electron chi connectivity index (χ3n) is 5.44. The molecule has 38 heavy (non-hydrogen) atoms. The van der Waals surface area contributed by atoms with Crippen molar-refractivity contribution in [2.24, 2.45) is 5.10 Å². The summed E-state index contributed by atoms with van der Waals surface area (Å²) in [5.74, 6) is -1.56. The SMILES string of the molecule is COc1ccc(C(=O)Oc2ccc3ccccc3c2/C=N/NC(=O)C(=O)Nc2ccccc2Cl)cc1OC. The lowest BCUT2D eigenvalue weighted by molar-refractivity contribution is -0.136. The molecule has 4 rings (SSSR count). The van der Waals surface area contributed by atoms with E-state index in [1.807, 2.05) is 24.3 Å². The molecule has 10 heteroatoms. The minimum Gasteiger partial charge on any atom is -0.493 e. The average molecular weight is 532 g/mol. The summed E-state index contributed by atoms with van der Waals surface area (Å²) in [4.78, 5) is 37.5. The number of esters is 1. The Bertz CT molecular complexity index is 1550. The van der Waals surface area contributed by atoms with E-state index in [2.05, 4.69) is 15.8 Å². The smallest absolute Gasteiger partial charge is 0.343 e. The monoisotopic (exact) mass is 531 g/mol. The molecule has 0 atom stereocenters. The van der Waals surface area contributed by atoms with E-state index in [4.69, 9.17) is 25.8 Å². The normalized spacial score (nSPS) is 10.7. The number of carbonyl (C=O) groups excluding carboxylic acids is 3. The highest BCUT2D eigenvalue weighted by atomic mass is 35.5. The molecule has 0 aromatic heterocycles. The fraction of sp³-hybridized carbons (Fsp3) is 0.0714. The van der Waals surface area contributed by atoms with E-state index in [1.165, 1.54) is 26.5 Å². The van der Waals surface area contributed by atoms with Crippen molar-refractivity contribution in [3.05, 3.63) is 95.0 Å². The van der Waals surface area contributed by atoms with Crippen LogP contribution in [-0.4, -0.2) is 38.2 Å². The Balaban J connectivity index is 1.56. The number of nitrogens with zero attached hydrogens (tertiary/aromatic N) is 1. The summed E-state index contributed by atoms with van der Waals surface area (Å²) < 4.78 is 16.2. The number of fused-ring (bicyclic) bond motifs is 1. The van der Waals surface area contributed by atoms with E-state index >= 15 is 0 Å². The Morgan fingerprint density at radius 1 is 0.816 bits per heavy atom. The van der Waals surface area contributed by atoms with Crippen LogP contribution in [0.25, 0.3) is 10.8 Å². The van der Waals surface area contributed by atoms with Gasteiger partial charge >= 0.3 is 17.8 Å².